The molecule has 1 aliphatic rings. The first kappa shape index (κ1) is 21.7. The van der Waals surface area contributed by atoms with E-state index >= 15 is 0 Å². The Morgan fingerprint density at radius 3 is 2.66 bits per heavy atom. The van der Waals surface area contributed by atoms with E-state index in [0.717, 1.165) is 43.1 Å². The molecule has 0 aliphatic carbocycles. The molecule has 1 aliphatic heterocycles. The number of urea groups is 1. The number of rotatable bonds is 3. The second-order valence-corrected chi connectivity index (χ2v) is 7.50. The van der Waals surface area contributed by atoms with Crippen LogP contribution >= 0.6 is 0 Å². The average molecular weight is 441 g/mol. The molecule has 2 amide bonds. The van der Waals surface area contributed by atoms with E-state index < -0.39 is 11.7 Å². The molecule has 0 spiro atoms. The van der Waals surface area contributed by atoms with E-state index in [1.807, 2.05) is 35.0 Å². The summed E-state index contributed by atoms with van der Waals surface area (Å²) in [5.41, 5.74) is 1.41. The van der Waals surface area contributed by atoms with Crippen molar-refractivity contribution in [2.45, 2.75) is 12.7 Å². The van der Waals surface area contributed by atoms with E-state index in [2.05, 4.69) is 27.0 Å². The van der Waals surface area contributed by atoms with Gasteiger partial charge in [0.25, 0.3) is 0 Å². The number of benzene rings is 1. The van der Waals surface area contributed by atoms with Gasteiger partial charge in [0, 0.05) is 50.7 Å². The number of amides is 2. The highest BCUT2D eigenvalue weighted by Crippen LogP contribution is 2.29. The van der Waals surface area contributed by atoms with Crippen LogP contribution in [0.5, 0.6) is 0 Å². The highest BCUT2D eigenvalue weighted by atomic mass is 19.4. The summed E-state index contributed by atoms with van der Waals surface area (Å²) in [6.07, 6.45) is -0.430. The average Bonchev–Trinajstić information content (AvgIpc) is 3.19. The fourth-order valence-electron chi connectivity index (χ4n) is 3.55. The van der Waals surface area contributed by atoms with Crippen molar-refractivity contribution in [3.8, 4) is 11.8 Å². The molecular formula is C23H22F3N5O. The number of halogens is 3. The Bertz CT molecular complexity index is 1120. The maximum Gasteiger partial charge on any atom is 0.416 e. The first-order valence-corrected chi connectivity index (χ1v) is 10.2. The highest BCUT2D eigenvalue weighted by Gasteiger charge is 2.30. The largest absolute Gasteiger partial charge is 0.416 e. The van der Waals surface area contributed by atoms with E-state index in [-0.39, 0.29) is 18.1 Å². The van der Waals surface area contributed by atoms with Gasteiger partial charge in [0.1, 0.15) is 5.65 Å². The van der Waals surface area contributed by atoms with E-state index in [4.69, 9.17) is 0 Å². The van der Waals surface area contributed by atoms with Crippen LogP contribution in [0.3, 0.4) is 0 Å². The summed E-state index contributed by atoms with van der Waals surface area (Å²) in [6.45, 7) is 3.42. The minimum Gasteiger partial charge on any atom is -0.327 e. The highest BCUT2D eigenvalue weighted by molar-refractivity contribution is 5.74. The van der Waals surface area contributed by atoms with Crippen LogP contribution in [0.1, 0.15) is 16.8 Å². The van der Waals surface area contributed by atoms with Crippen LogP contribution in [0.25, 0.3) is 5.65 Å². The normalized spacial score (nSPS) is 14.8. The summed E-state index contributed by atoms with van der Waals surface area (Å²) in [6, 6.07) is 10.5. The van der Waals surface area contributed by atoms with E-state index in [1.165, 1.54) is 12.1 Å². The Morgan fingerprint density at radius 1 is 1.09 bits per heavy atom. The van der Waals surface area contributed by atoms with Crippen LogP contribution in [-0.4, -0.2) is 57.9 Å². The number of nitrogens with zero attached hydrogens (tertiary/aromatic N) is 4. The monoisotopic (exact) mass is 441 g/mol. The predicted molar refractivity (Wildman–Crippen MR) is 114 cm³/mol. The summed E-state index contributed by atoms with van der Waals surface area (Å²) in [4.78, 5) is 20.9. The van der Waals surface area contributed by atoms with Crippen molar-refractivity contribution >= 4 is 11.7 Å². The zero-order valence-corrected chi connectivity index (χ0v) is 17.3. The smallest absolute Gasteiger partial charge is 0.327 e. The molecule has 0 unspecified atom stereocenters. The van der Waals surface area contributed by atoms with E-state index in [1.54, 1.807) is 4.90 Å². The molecule has 3 aromatic rings. The number of alkyl halides is 3. The molecule has 1 saturated heterocycles. The van der Waals surface area contributed by atoms with Crippen molar-refractivity contribution in [3.63, 3.8) is 0 Å². The standard InChI is InChI=1S/C23H22F3N5O/c24-23(25,26)19-7-3-5-18(15-19)6-4-9-27-22(32)30-13-11-29(12-14-30)16-20-17-31-10-2-1-8-21(31)28-20/h1-3,5,7-8,10,15,17H,9,11-14,16H2,(H,27,32). The summed E-state index contributed by atoms with van der Waals surface area (Å²) >= 11 is 0. The molecule has 166 valence electrons. The van der Waals surface area contributed by atoms with Gasteiger partial charge in [0.05, 0.1) is 17.8 Å². The van der Waals surface area contributed by atoms with Crippen molar-refractivity contribution in [3.05, 3.63) is 71.7 Å². The number of aromatic nitrogens is 2. The Hall–Kier alpha value is -3.51. The molecule has 0 radical (unpaired) electrons. The summed E-state index contributed by atoms with van der Waals surface area (Å²) in [5, 5.41) is 2.71. The van der Waals surface area contributed by atoms with Gasteiger partial charge in [0.2, 0.25) is 0 Å². The van der Waals surface area contributed by atoms with Gasteiger partial charge < -0.3 is 14.6 Å². The van der Waals surface area contributed by atoms with Crippen LogP contribution in [0.2, 0.25) is 0 Å². The lowest BCUT2D eigenvalue weighted by Gasteiger charge is -2.34. The Balaban J connectivity index is 1.23. The lowest BCUT2D eigenvalue weighted by Crippen LogP contribution is -2.51. The van der Waals surface area contributed by atoms with Crippen molar-refractivity contribution < 1.29 is 18.0 Å². The van der Waals surface area contributed by atoms with Gasteiger partial charge in [-0.3, -0.25) is 4.90 Å². The van der Waals surface area contributed by atoms with Crippen LogP contribution in [0, 0.1) is 11.8 Å². The third kappa shape index (κ3) is 5.39. The molecule has 9 heteroatoms. The van der Waals surface area contributed by atoms with Crippen molar-refractivity contribution in [1.82, 2.24) is 24.5 Å². The van der Waals surface area contributed by atoms with Crippen molar-refractivity contribution in [1.29, 1.82) is 0 Å². The second kappa shape index (κ2) is 9.32. The van der Waals surface area contributed by atoms with Gasteiger partial charge in [-0.1, -0.05) is 24.0 Å². The number of nitrogens with one attached hydrogen (secondary N) is 1. The minimum atomic E-state index is -4.40. The maximum absolute atomic E-state index is 12.7. The lowest BCUT2D eigenvalue weighted by molar-refractivity contribution is -0.137. The van der Waals surface area contributed by atoms with E-state index in [9.17, 15) is 18.0 Å². The van der Waals surface area contributed by atoms with Crippen molar-refractivity contribution in [2.24, 2.45) is 0 Å². The van der Waals surface area contributed by atoms with Gasteiger partial charge >= 0.3 is 12.2 Å². The van der Waals surface area contributed by atoms with E-state index in [0.29, 0.717) is 13.1 Å². The molecule has 1 N–H and O–H groups in total. The zero-order chi connectivity index (χ0) is 22.6. The molecule has 3 heterocycles. The maximum atomic E-state index is 12.7. The fourth-order valence-corrected chi connectivity index (χ4v) is 3.55. The first-order chi connectivity index (χ1) is 15.4. The second-order valence-electron chi connectivity index (χ2n) is 7.50. The number of piperazine rings is 1. The van der Waals surface area contributed by atoms with Gasteiger partial charge in [-0.25, -0.2) is 9.78 Å². The Labute approximate surface area is 183 Å². The van der Waals surface area contributed by atoms with Crippen LogP contribution in [0.4, 0.5) is 18.0 Å². The molecule has 2 aromatic heterocycles. The van der Waals surface area contributed by atoms with Crippen molar-refractivity contribution in [2.75, 3.05) is 32.7 Å². The summed E-state index contributed by atoms with van der Waals surface area (Å²) in [5.74, 6) is 5.37. The quantitative estimate of drug-likeness (QED) is 0.635. The first-order valence-electron chi connectivity index (χ1n) is 10.2. The van der Waals surface area contributed by atoms with Gasteiger partial charge in [-0.2, -0.15) is 13.2 Å². The number of carbonyl (C=O) groups excluding carboxylic acids is 1. The molecule has 1 aromatic carbocycles. The number of imidazole rings is 1. The van der Waals surface area contributed by atoms with Crippen LogP contribution < -0.4 is 5.32 Å². The van der Waals surface area contributed by atoms with Crippen LogP contribution in [0.15, 0.2) is 54.9 Å². The topological polar surface area (TPSA) is 52.9 Å². The number of carbonyl (C=O) groups is 1. The predicted octanol–water partition coefficient (Wildman–Crippen LogP) is 3.23. The number of hydrogen-bond donors (Lipinski definition) is 1. The lowest BCUT2D eigenvalue weighted by atomic mass is 10.1. The molecule has 4 rings (SSSR count). The molecule has 6 nitrogen and oxygen atoms in total. The Morgan fingerprint density at radius 2 is 1.91 bits per heavy atom. The minimum absolute atomic E-state index is 0.0660. The fraction of sp³-hybridized carbons (Fsp3) is 0.304. The molecule has 0 saturated carbocycles. The van der Waals surface area contributed by atoms with Gasteiger partial charge in [-0.05, 0) is 30.3 Å². The van der Waals surface area contributed by atoms with Crippen LogP contribution in [-0.2, 0) is 12.7 Å². The molecule has 1 fully saturated rings. The van der Waals surface area contributed by atoms with Gasteiger partial charge in [0.15, 0.2) is 0 Å². The molecule has 0 atom stereocenters. The Kier molecular flexibility index (Phi) is 6.32. The zero-order valence-electron chi connectivity index (χ0n) is 17.3. The molecular weight excluding hydrogens is 419 g/mol. The summed E-state index contributed by atoms with van der Waals surface area (Å²) < 4.78 is 40.2. The third-order valence-corrected chi connectivity index (χ3v) is 5.21. The van der Waals surface area contributed by atoms with Gasteiger partial charge in [-0.15, -0.1) is 0 Å². The number of hydrogen-bond acceptors (Lipinski definition) is 3. The molecule has 0 bridgehead atoms. The summed E-state index contributed by atoms with van der Waals surface area (Å²) in [7, 11) is 0. The number of fused-ring (bicyclic) bond motifs is 1. The third-order valence-electron chi connectivity index (χ3n) is 5.21. The molecule has 32 heavy (non-hydrogen) atoms. The SMILES string of the molecule is O=C(NCC#Cc1cccc(C(F)(F)F)c1)N1CCN(Cc2cn3ccccc3n2)CC1. The number of pyridine rings is 1.